The Kier molecular flexibility index (Phi) is 6.08. The number of sulfonamides is 1. The van der Waals surface area contributed by atoms with Gasteiger partial charge < -0.3 is 0 Å². The quantitative estimate of drug-likeness (QED) is 0.570. The standard InChI is InChI=1S/C11H19N3O4S2/c1-2-13-20(17,18)14-9-3-4-10-5-7-11(8-6-10)19(12,15)16/h5-8,13-14H,2-4,9H2,1H3,(H2,12,15,16). The minimum Gasteiger partial charge on any atom is -0.225 e. The fourth-order valence-corrected chi connectivity index (χ4v) is 3.00. The van der Waals surface area contributed by atoms with E-state index in [-0.39, 0.29) is 4.90 Å². The van der Waals surface area contributed by atoms with Crippen molar-refractivity contribution < 1.29 is 16.8 Å². The molecule has 0 aliphatic carbocycles. The van der Waals surface area contributed by atoms with Crippen LogP contribution in [0.3, 0.4) is 0 Å². The highest BCUT2D eigenvalue weighted by Gasteiger charge is 2.08. The van der Waals surface area contributed by atoms with Crippen LogP contribution >= 0.6 is 0 Å². The van der Waals surface area contributed by atoms with Crippen LogP contribution in [-0.4, -0.2) is 29.9 Å². The van der Waals surface area contributed by atoms with E-state index in [1.165, 1.54) is 12.1 Å². The molecule has 0 spiro atoms. The minimum atomic E-state index is -3.67. The van der Waals surface area contributed by atoms with E-state index in [0.29, 0.717) is 25.9 Å². The third-order valence-electron chi connectivity index (χ3n) is 2.52. The van der Waals surface area contributed by atoms with Crippen molar-refractivity contribution in [1.82, 2.24) is 9.44 Å². The van der Waals surface area contributed by atoms with Crippen molar-refractivity contribution in [3.05, 3.63) is 29.8 Å². The van der Waals surface area contributed by atoms with Crippen molar-refractivity contribution >= 4 is 20.2 Å². The maximum Gasteiger partial charge on any atom is 0.276 e. The molecular formula is C11H19N3O4S2. The zero-order chi connectivity index (χ0) is 15.2. The number of rotatable bonds is 8. The number of hydrogen-bond donors (Lipinski definition) is 3. The third kappa shape index (κ3) is 5.97. The Labute approximate surface area is 119 Å². The molecule has 1 aromatic carbocycles. The van der Waals surface area contributed by atoms with E-state index in [4.69, 9.17) is 5.14 Å². The molecule has 0 aliphatic heterocycles. The summed E-state index contributed by atoms with van der Waals surface area (Å²) in [5, 5.41) is 4.99. The van der Waals surface area contributed by atoms with Crippen LogP contribution in [0, 0.1) is 0 Å². The van der Waals surface area contributed by atoms with Crippen LogP contribution < -0.4 is 14.6 Å². The van der Waals surface area contributed by atoms with E-state index in [1.807, 2.05) is 0 Å². The van der Waals surface area contributed by atoms with Gasteiger partial charge in [-0.1, -0.05) is 19.1 Å². The highest BCUT2D eigenvalue weighted by molar-refractivity contribution is 7.89. The molecule has 9 heteroatoms. The number of aryl methyl sites for hydroxylation is 1. The summed E-state index contributed by atoms with van der Waals surface area (Å²) in [6.45, 7) is 2.35. The molecule has 0 atom stereocenters. The second-order valence-electron chi connectivity index (χ2n) is 4.19. The van der Waals surface area contributed by atoms with Gasteiger partial charge in [0.15, 0.2) is 0 Å². The summed E-state index contributed by atoms with van der Waals surface area (Å²) in [5.74, 6) is 0. The highest BCUT2D eigenvalue weighted by atomic mass is 32.2. The van der Waals surface area contributed by atoms with Gasteiger partial charge in [-0.3, -0.25) is 0 Å². The van der Waals surface area contributed by atoms with Crippen LogP contribution in [0.5, 0.6) is 0 Å². The average Bonchev–Trinajstić information content (AvgIpc) is 2.34. The molecule has 1 rings (SSSR count). The summed E-state index contributed by atoms with van der Waals surface area (Å²) >= 11 is 0. The van der Waals surface area contributed by atoms with Crippen molar-refractivity contribution in [2.75, 3.05) is 13.1 Å². The maximum atomic E-state index is 11.3. The Bertz CT molecular complexity index is 624. The van der Waals surface area contributed by atoms with Crippen LogP contribution in [0.25, 0.3) is 0 Å². The Morgan fingerprint density at radius 1 is 1.05 bits per heavy atom. The van der Waals surface area contributed by atoms with E-state index < -0.39 is 20.2 Å². The van der Waals surface area contributed by atoms with Crippen molar-refractivity contribution in [2.24, 2.45) is 5.14 Å². The zero-order valence-electron chi connectivity index (χ0n) is 11.2. The van der Waals surface area contributed by atoms with E-state index in [2.05, 4.69) is 9.44 Å². The summed E-state index contributed by atoms with van der Waals surface area (Å²) in [4.78, 5) is 0.0640. The molecule has 0 radical (unpaired) electrons. The Balaban J connectivity index is 2.44. The Morgan fingerprint density at radius 3 is 2.15 bits per heavy atom. The SMILES string of the molecule is CCNS(=O)(=O)NCCCc1ccc(S(N)(=O)=O)cc1. The van der Waals surface area contributed by atoms with E-state index in [1.54, 1.807) is 19.1 Å². The Morgan fingerprint density at radius 2 is 1.65 bits per heavy atom. The van der Waals surface area contributed by atoms with Crippen LogP contribution in [-0.2, 0) is 26.7 Å². The van der Waals surface area contributed by atoms with Crippen LogP contribution in [0.2, 0.25) is 0 Å². The smallest absolute Gasteiger partial charge is 0.225 e. The van der Waals surface area contributed by atoms with Crippen molar-refractivity contribution in [3.63, 3.8) is 0 Å². The Hall–Kier alpha value is -1.00. The summed E-state index contributed by atoms with van der Waals surface area (Å²) in [6.07, 6.45) is 1.25. The van der Waals surface area contributed by atoms with Crippen LogP contribution in [0.15, 0.2) is 29.2 Å². The monoisotopic (exact) mass is 321 g/mol. The van der Waals surface area contributed by atoms with Crippen molar-refractivity contribution in [2.45, 2.75) is 24.7 Å². The fraction of sp³-hybridized carbons (Fsp3) is 0.455. The molecule has 0 saturated heterocycles. The lowest BCUT2D eigenvalue weighted by molar-refractivity contribution is 0.566. The summed E-state index contributed by atoms with van der Waals surface area (Å²) in [5.41, 5.74) is 0.917. The molecule has 20 heavy (non-hydrogen) atoms. The molecule has 0 aromatic heterocycles. The van der Waals surface area contributed by atoms with Crippen molar-refractivity contribution in [1.29, 1.82) is 0 Å². The van der Waals surface area contributed by atoms with E-state index in [0.717, 1.165) is 5.56 Å². The molecule has 0 fully saturated rings. The first-order valence-electron chi connectivity index (χ1n) is 6.10. The van der Waals surface area contributed by atoms with Gasteiger partial charge in [-0.2, -0.15) is 8.42 Å². The number of nitrogens with one attached hydrogen (secondary N) is 2. The first kappa shape index (κ1) is 17.1. The lowest BCUT2D eigenvalue weighted by atomic mass is 10.1. The normalized spacial score (nSPS) is 12.5. The topological polar surface area (TPSA) is 118 Å². The lowest BCUT2D eigenvalue weighted by Gasteiger charge is -2.06. The number of primary sulfonamides is 1. The van der Waals surface area contributed by atoms with Gasteiger partial charge in [0.2, 0.25) is 10.0 Å². The predicted molar refractivity (Wildman–Crippen MR) is 76.7 cm³/mol. The fourth-order valence-electron chi connectivity index (χ4n) is 1.59. The van der Waals surface area contributed by atoms with Gasteiger partial charge in [-0.25, -0.2) is 23.0 Å². The van der Waals surface area contributed by atoms with Gasteiger partial charge in [0, 0.05) is 13.1 Å². The van der Waals surface area contributed by atoms with Crippen LogP contribution in [0.4, 0.5) is 0 Å². The summed E-state index contributed by atoms with van der Waals surface area (Å²) < 4.78 is 49.5. The zero-order valence-corrected chi connectivity index (χ0v) is 12.8. The number of benzene rings is 1. The summed E-state index contributed by atoms with van der Waals surface area (Å²) in [6, 6.07) is 6.21. The van der Waals surface area contributed by atoms with Crippen molar-refractivity contribution in [3.8, 4) is 0 Å². The number of nitrogens with two attached hydrogens (primary N) is 1. The summed E-state index contributed by atoms with van der Waals surface area (Å²) in [7, 11) is -7.08. The molecule has 0 heterocycles. The molecule has 0 bridgehead atoms. The second kappa shape index (κ2) is 7.14. The number of hydrogen-bond acceptors (Lipinski definition) is 4. The van der Waals surface area contributed by atoms with Gasteiger partial charge in [0.1, 0.15) is 0 Å². The molecule has 0 unspecified atom stereocenters. The first-order valence-corrected chi connectivity index (χ1v) is 9.13. The molecule has 114 valence electrons. The largest absolute Gasteiger partial charge is 0.276 e. The van der Waals surface area contributed by atoms with Gasteiger partial charge in [-0.15, -0.1) is 0 Å². The lowest BCUT2D eigenvalue weighted by Crippen LogP contribution is -2.36. The molecule has 4 N–H and O–H groups in total. The van der Waals surface area contributed by atoms with Gasteiger partial charge in [0.25, 0.3) is 10.2 Å². The molecular weight excluding hydrogens is 302 g/mol. The van der Waals surface area contributed by atoms with Gasteiger partial charge >= 0.3 is 0 Å². The molecule has 1 aromatic rings. The molecule has 0 aliphatic rings. The molecule has 7 nitrogen and oxygen atoms in total. The van der Waals surface area contributed by atoms with Gasteiger partial charge in [0.05, 0.1) is 4.90 Å². The van der Waals surface area contributed by atoms with E-state index in [9.17, 15) is 16.8 Å². The predicted octanol–water partition coefficient (Wildman–Crippen LogP) is -0.289. The molecule has 0 amide bonds. The van der Waals surface area contributed by atoms with Crippen LogP contribution in [0.1, 0.15) is 18.9 Å². The maximum absolute atomic E-state index is 11.3. The second-order valence-corrected chi connectivity index (χ2v) is 7.33. The third-order valence-corrected chi connectivity index (χ3v) is 4.70. The average molecular weight is 321 g/mol. The first-order chi connectivity index (χ1) is 9.24. The van der Waals surface area contributed by atoms with E-state index >= 15 is 0 Å². The van der Waals surface area contributed by atoms with Gasteiger partial charge in [-0.05, 0) is 30.5 Å². The highest BCUT2D eigenvalue weighted by Crippen LogP contribution is 2.10. The minimum absolute atomic E-state index is 0.0640. The molecule has 0 saturated carbocycles.